The fourth-order valence-corrected chi connectivity index (χ4v) is 5.03. The predicted molar refractivity (Wildman–Crippen MR) is 119 cm³/mol. The standard InChI is InChI=1S/C22H25N5O3S/c1-2-18-13-21(28)26-22(25-18)17-7-10-20(24-15-17)23-14-16-5-8-19(9-6-16)31(29,30)27-11-3-4-12-27/h5-10,13,15H,2-4,11-12,14H2,1H3,(H,23,24)(H,25,26,28). The Morgan fingerprint density at radius 2 is 1.84 bits per heavy atom. The summed E-state index contributed by atoms with van der Waals surface area (Å²) in [6, 6.07) is 12.1. The molecule has 162 valence electrons. The highest BCUT2D eigenvalue weighted by Gasteiger charge is 2.26. The quantitative estimate of drug-likeness (QED) is 0.586. The highest BCUT2D eigenvalue weighted by atomic mass is 32.2. The van der Waals surface area contributed by atoms with Crippen molar-refractivity contribution in [2.45, 2.75) is 37.6 Å². The van der Waals surface area contributed by atoms with Gasteiger partial charge >= 0.3 is 0 Å². The Morgan fingerprint density at radius 1 is 1.10 bits per heavy atom. The Bertz CT molecular complexity index is 1200. The molecule has 0 unspecified atom stereocenters. The molecule has 1 aliphatic heterocycles. The molecule has 0 radical (unpaired) electrons. The van der Waals surface area contributed by atoms with Crippen LogP contribution in [0.4, 0.5) is 5.82 Å². The van der Waals surface area contributed by atoms with Crippen molar-refractivity contribution in [3.63, 3.8) is 0 Å². The first-order chi connectivity index (χ1) is 15.0. The highest BCUT2D eigenvalue weighted by Crippen LogP contribution is 2.21. The zero-order chi connectivity index (χ0) is 21.8. The average molecular weight is 440 g/mol. The first-order valence-corrected chi connectivity index (χ1v) is 11.8. The van der Waals surface area contributed by atoms with Gasteiger partial charge in [-0.1, -0.05) is 19.1 Å². The Morgan fingerprint density at radius 3 is 2.48 bits per heavy atom. The second kappa shape index (κ2) is 8.99. The molecule has 1 saturated heterocycles. The van der Waals surface area contributed by atoms with Crippen LogP contribution >= 0.6 is 0 Å². The van der Waals surface area contributed by atoms with Gasteiger partial charge in [0.25, 0.3) is 5.56 Å². The molecule has 1 aliphatic rings. The summed E-state index contributed by atoms with van der Waals surface area (Å²) in [7, 11) is -3.39. The third kappa shape index (κ3) is 4.83. The number of nitrogens with one attached hydrogen (secondary N) is 2. The van der Waals surface area contributed by atoms with Gasteiger partial charge in [0.2, 0.25) is 10.0 Å². The van der Waals surface area contributed by atoms with Crippen molar-refractivity contribution >= 4 is 15.8 Å². The molecule has 1 aromatic carbocycles. The number of sulfonamides is 1. The smallest absolute Gasteiger partial charge is 0.251 e. The van der Waals surface area contributed by atoms with Gasteiger partial charge in [-0.2, -0.15) is 4.31 Å². The van der Waals surface area contributed by atoms with Gasteiger partial charge in [0, 0.05) is 43.2 Å². The van der Waals surface area contributed by atoms with Crippen LogP contribution in [0.15, 0.2) is 58.4 Å². The van der Waals surface area contributed by atoms with Gasteiger partial charge in [0.15, 0.2) is 0 Å². The normalized spacial score (nSPS) is 14.6. The number of hydrogen-bond acceptors (Lipinski definition) is 6. The summed E-state index contributed by atoms with van der Waals surface area (Å²) >= 11 is 0. The van der Waals surface area contributed by atoms with Gasteiger partial charge in [-0.3, -0.25) is 4.79 Å². The second-order valence-corrected chi connectivity index (χ2v) is 9.42. The second-order valence-electron chi connectivity index (χ2n) is 7.48. The molecule has 3 aromatic rings. The maximum absolute atomic E-state index is 12.6. The Hall–Kier alpha value is -3.04. The van der Waals surface area contributed by atoms with Gasteiger partial charge in [-0.15, -0.1) is 0 Å². The van der Waals surface area contributed by atoms with E-state index in [0.29, 0.717) is 42.6 Å². The van der Waals surface area contributed by atoms with E-state index in [4.69, 9.17) is 0 Å². The molecule has 9 heteroatoms. The summed E-state index contributed by atoms with van der Waals surface area (Å²) in [6.45, 7) is 3.65. The van der Waals surface area contributed by atoms with Crippen molar-refractivity contribution in [3.05, 3.63) is 70.3 Å². The van der Waals surface area contributed by atoms with Gasteiger partial charge in [-0.25, -0.2) is 18.4 Å². The third-order valence-corrected chi connectivity index (χ3v) is 7.21. The third-order valence-electron chi connectivity index (χ3n) is 5.29. The van der Waals surface area contributed by atoms with E-state index >= 15 is 0 Å². The van der Waals surface area contributed by atoms with Crippen LogP contribution in [-0.4, -0.2) is 40.8 Å². The Balaban J connectivity index is 1.40. The fourth-order valence-electron chi connectivity index (χ4n) is 3.51. The van der Waals surface area contributed by atoms with E-state index < -0.39 is 10.0 Å². The lowest BCUT2D eigenvalue weighted by molar-refractivity contribution is 0.477. The minimum absolute atomic E-state index is 0.181. The Kier molecular flexibility index (Phi) is 6.15. The summed E-state index contributed by atoms with van der Waals surface area (Å²) < 4.78 is 26.8. The number of H-pyrrole nitrogens is 1. The number of anilines is 1. The van der Waals surface area contributed by atoms with Crippen LogP contribution in [-0.2, 0) is 23.0 Å². The number of pyridine rings is 1. The molecular formula is C22H25N5O3S. The molecule has 0 spiro atoms. The van der Waals surface area contributed by atoms with E-state index in [9.17, 15) is 13.2 Å². The topological polar surface area (TPSA) is 108 Å². The van der Waals surface area contributed by atoms with Crippen LogP contribution in [0.2, 0.25) is 0 Å². The van der Waals surface area contributed by atoms with E-state index in [0.717, 1.165) is 29.7 Å². The van der Waals surface area contributed by atoms with Crippen LogP contribution < -0.4 is 10.9 Å². The summed E-state index contributed by atoms with van der Waals surface area (Å²) in [5.41, 5.74) is 2.23. The lowest BCUT2D eigenvalue weighted by Gasteiger charge is -2.15. The lowest BCUT2D eigenvalue weighted by Crippen LogP contribution is -2.27. The number of rotatable bonds is 7. The molecule has 0 amide bonds. The molecule has 2 N–H and O–H groups in total. The van der Waals surface area contributed by atoms with E-state index in [-0.39, 0.29) is 5.56 Å². The average Bonchev–Trinajstić information content (AvgIpc) is 3.34. The van der Waals surface area contributed by atoms with Crippen molar-refractivity contribution in [1.82, 2.24) is 19.3 Å². The summed E-state index contributed by atoms with van der Waals surface area (Å²) in [5.74, 6) is 1.17. The predicted octanol–water partition coefficient (Wildman–Crippen LogP) is 2.79. The molecular weight excluding hydrogens is 414 g/mol. The number of nitrogens with zero attached hydrogens (tertiary/aromatic N) is 3. The summed E-state index contributed by atoms with van der Waals surface area (Å²) in [4.78, 5) is 23.6. The van der Waals surface area contributed by atoms with Crippen molar-refractivity contribution in [2.75, 3.05) is 18.4 Å². The molecule has 1 fully saturated rings. The van der Waals surface area contributed by atoms with E-state index in [1.165, 1.54) is 6.07 Å². The molecule has 2 aromatic heterocycles. The number of aryl methyl sites for hydroxylation is 1. The molecule has 0 saturated carbocycles. The first kappa shape index (κ1) is 21.2. The summed E-state index contributed by atoms with van der Waals surface area (Å²) in [6.07, 6.45) is 4.18. The van der Waals surface area contributed by atoms with Crippen molar-refractivity contribution < 1.29 is 8.42 Å². The maximum atomic E-state index is 12.6. The zero-order valence-corrected chi connectivity index (χ0v) is 18.2. The Labute approximate surface area is 181 Å². The van der Waals surface area contributed by atoms with Crippen LogP contribution in [0.3, 0.4) is 0 Å². The SMILES string of the molecule is CCc1cc(=O)[nH]c(-c2ccc(NCc3ccc(S(=O)(=O)N4CCCC4)cc3)nc2)n1. The van der Waals surface area contributed by atoms with Crippen molar-refractivity contribution in [3.8, 4) is 11.4 Å². The van der Waals surface area contributed by atoms with Crippen molar-refractivity contribution in [1.29, 1.82) is 0 Å². The number of hydrogen-bond donors (Lipinski definition) is 2. The number of aromatic amines is 1. The molecule has 3 heterocycles. The van der Waals surface area contributed by atoms with Crippen LogP contribution in [0.5, 0.6) is 0 Å². The molecule has 0 bridgehead atoms. The van der Waals surface area contributed by atoms with E-state index in [2.05, 4.69) is 20.3 Å². The minimum atomic E-state index is -3.39. The van der Waals surface area contributed by atoms with Gasteiger partial charge in [0.05, 0.1) is 4.90 Å². The number of aromatic nitrogens is 3. The fraction of sp³-hybridized carbons (Fsp3) is 0.318. The molecule has 4 rings (SSSR count). The summed E-state index contributed by atoms with van der Waals surface area (Å²) in [5, 5.41) is 3.22. The van der Waals surface area contributed by atoms with E-state index in [1.54, 1.807) is 22.6 Å². The van der Waals surface area contributed by atoms with Gasteiger partial charge < -0.3 is 10.3 Å². The van der Waals surface area contributed by atoms with E-state index in [1.807, 2.05) is 31.2 Å². The molecule has 0 atom stereocenters. The lowest BCUT2D eigenvalue weighted by atomic mass is 10.2. The van der Waals surface area contributed by atoms with Crippen LogP contribution in [0, 0.1) is 0 Å². The molecule has 31 heavy (non-hydrogen) atoms. The minimum Gasteiger partial charge on any atom is -0.366 e. The maximum Gasteiger partial charge on any atom is 0.251 e. The molecule has 8 nitrogen and oxygen atoms in total. The van der Waals surface area contributed by atoms with Crippen molar-refractivity contribution in [2.24, 2.45) is 0 Å². The highest BCUT2D eigenvalue weighted by molar-refractivity contribution is 7.89. The largest absolute Gasteiger partial charge is 0.366 e. The zero-order valence-electron chi connectivity index (χ0n) is 17.3. The monoisotopic (exact) mass is 439 g/mol. The molecule has 0 aliphatic carbocycles. The van der Waals surface area contributed by atoms with Crippen LogP contribution in [0.25, 0.3) is 11.4 Å². The van der Waals surface area contributed by atoms with Gasteiger partial charge in [-0.05, 0) is 49.1 Å². The van der Waals surface area contributed by atoms with Gasteiger partial charge in [0.1, 0.15) is 11.6 Å². The first-order valence-electron chi connectivity index (χ1n) is 10.4. The van der Waals surface area contributed by atoms with Crippen LogP contribution in [0.1, 0.15) is 31.0 Å². The number of benzene rings is 1.